The smallest absolute Gasteiger partial charge is 0.225 e. The highest BCUT2D eigenvalue weighted by Gasteiger charge is 2.17. The number of hydrogen-bond donors (Lipinski definition) is 1. The van der Waals surface area contributed by atoms with Crippen LogP contribution in [0.25, 0.3) is 0 Å². The fourth-order valence-electron chi connectivity index (χ4n) is 2.69. The van der Waals surface area contributed by atoms with Gasteiger partial charge in [0.15, 0.2) is 0 Å². The van der Waals surface area contributed by atoms with Crippen molar-refractivity contribution in [1.29, 1.82) is 0 Å². The van der Waals surface area contributed by atoms with Gasteiger partial charge < -0.3 is 5.32 Å². The molecule has 0 aliphatic carbocycles. The van der Waals surface area contributed by atoms with Crippen LogP contribution < -0.4 is 5.32 Å². The molecule has 1 amide bonds. The van der Waals surface area contributed by atoms with E-state index in [0.29, 0.717) is 10.6 Å². The van der Waals surface area contributed by atoms with Crippen molar-refractivity contribution in [3.63, 3.8) is 0 Å². The van der Waals surface area contributed by atoms with E-state index < -0.39 is 0 Å². The number of halogens is 2. The lowest BCUT2D eigenvalue weighted by atomic mass is 9.98. The number of nitrogens with one attached hydrogen (secondary N) is 1. The highest BCUT2D eigenvalue weighted by atomic mass is 35.5. The van der Waals surface area contributed by atoms with E-state index in [-0.39, 0.29) is 24.2 Å². The SMILES string of the molecule is O=C(Cc1ccccc1F)NC(c1ccccc1)c1ccc(Cl)cc1. The van der Waals surface area contributed by atoms with Crippen molar-refractivity contribution >= 4 is 17.5 Å². The Morgan fingerprint density at radius 2 is 1.48 bits per heavy atom. The molecule has 2 nitrogen and oxygen atoms in total. The summed E-state index contributed by atoms with van der Waals surface area (Å²) in [6.07, 6.45) is -0.0103. The first-order valence-corrected chi connectivity index (χ1v) is 8.34. The van der Waals surface area contributed by atoms with Gasteiger partial charge in [0.1, 0.15) is 5.82 Å². The number of amides is 1. The molecule has 0 bridgehead atoms. The van der Waals surface area contributed by atoms with Crippen LogP contribution in [0.15, 0.2) is 78.9 Å². The minimum absolute atomic E-state index is 0.0103. The molecule has 1 N–H and O–H groups in total. The first-order valence-electron chi connectivity index (χ1n) is 7.96. The summed E-state index contributed by atoms with van der Waals surface area (Å²) in [5.41, 5.74) is 2.24. The Bertz CT molecular complexity index is 849. The molecular formula is C21H17ClFNO. The summed E-state index contributed by atoms with van der Waals surface area (Å²) in [5, 5.41) is 3.63. The summed E-state index contributed by atoms with van der Waals surface area (Å²) < 4.78 is 13.8. The molecule has 0 radical (unpaired) electrons. The molecule has 126 valence electrons. The van der Waals surface area contributed by atoms with Crippen molar-refractivity contribution in [3.8, 4) is 0 Å². The second-order valence-electron chi connectivity index (χ2n) is 5.73. The minimum atomic E-state index is -0.375. The van der Waals surface area contributed by atoms with Gasteiger partial charge in [-0.15, -0.1) is 0 Å². The second-order valence-corrected chi connectivity index (χ2v) is 6.17. The fraction of sp³-hybridized carbons (Fsp3) is 0.0952. The zero-order valence-electron chi connectivity index (χ0n) is 13.5. The number of rotatable bonds is 5. The van der Waals surface area contributed by atoms with Crippen molar-refractivity contribution in [2.45, 2.75) is 12.5 Å². The number of benzene rings is 3. The Balaban J connectivity index is 1.84. The average Bonchev–Trinajstić information content (AvgIpc) is 2.63. The molecule has 0 aliphatic heterocycles. The van der Waals surface area contributed by atoms with Crippen LogP contribution >= 0.6 is 11.6 Å². The van der Waals surface area contributed by atoms with Crippen LogP contribution in [0.2, 0.25) is 5.02 Å². The van der Waals surface area contributed by atoms with Crippen LogP contribution in [0.4, 0.5) is 4.39 Å². The van der Waals surface area contributed by atoms with Crippen molar-refractivity contribution in [3.05, 3.63) is 106 Å². The largest absolute Gasteiger partial charge is 0.345 e. The first kappa shape index (κ1) is 17.2. The van der Waals surface area contributed by atoms with Gasteiger partial charge in [-0.05, 0) is 34.9 Å². The van der Waals surface area contributed by atoms with Crippen LogP contribution in [0, 0.1) is 5.82 Å². The molecule has 1 unspecified atom stereocenters. The number of carbonyl (C=O) groups is 1. The van der Waals surface area contributed by atoms with E-state index in [1.54, 1.807) is 30.3 Å². The maximum atomic E-state index is 13.8. The molecule has 1 atom stereocenters. The summed E-state index contributed by atoms with van der Waals surface area (Å²) in [5.74, 6) is -0.616. The summed E-state index contributed by atoms with van der Waals surface area (Å²) in [7, 11) is 0. The predicted molar refractivity (Wildman–Crippen MR) is 98.0 cm³/mol. The van der Waals surface area contributed by atoms with E-state index in [1.165, 1.54) is 6.07 Å². The topological polar surface area (TPSA) is 29.1 Å². The molecule has 0 saturated heterocycles. The average molecular weight is 354 g/mol. The lowest BCUT2D eigenvalue weighted by molar-refractivity contribution is -0.121. The molecule has 4 heteroatoms. The lowest BCUT2D eigenvalue weighted by Crippen LogP contribution is -2.30. The van der Waals surface area contributed by atoms with E-state index in [9.17, 15) is 9.18 Å². The molecule has 3 rings (SSSR count). The third kappa shape index (κ3) is 4.46. The summed E-state index contributed by atoms with van der Waals surface area (Å²) in [6.45, 7) is 0. The molecule has 25 heavy (non-hydrogen) atoms. The third-order valence-electron chi connectivity index (χ3n) is 3.95. The van der Waals surface area contributed by atoms with Crippen LogP contribution in [0.5, 0.6) is 0 Å². The number of hydrogen-bond acceptors (Lipinski definition) is 1. The van der Waals surface area contributed by atoms with E-state index in [2.05, 4.69) is 5.32 Å². The summed E-state index contributed by atoms with van der Waals surface area (Å²) in [6, 6.07) is 23.0. The van der Waals surface area contributed by atoms with Crippen molar-refractivity contribution in [1.82, 2.24) is 5.32 Å². The van der Waals surface area contributed by atoms with Gasteiger partial charge >= 0.3 is 0 Å². The summed E-state index contributed by atoms with van der Waals surface area (Å²) in [4.78, 5) is 12.5. The highest BCUT2D eigenvalue weighted by Crippen LogP contribution is 2.23. The fourth-order valence-corrected chi connectivity index (χ4v) is 2.81. The predicted octanol–water partition coefficient (Wildman–Crippen LogP) is 4.93. The standard InChI is InChI=1S/C21H17ClFNO/c22-18-12-10-16(11-13-18)21(15-6-2-1-3-7-15)24-20(25)14-17-8-4-5-9-19(17)23/h1-13,21H,14H2,(H,24,25). The maximum Gasteiger partial charge on any atom is 0.225 e. The normalized spacial score (nSPS) is 11.8. The van der Waals surface area contributed by atoms with Gasteiger partial charge in [0.05, 0.1) is 12.5 Å². The van der Waals surface area contributed by atoms with Crippen LogP contribution in [-0.2, 0) is 11.2 Å². The monoisotopic (exact) mass is 353 g/mol. The Hall–Kier alpha value is -2.65. The quantitative estimate of drug-likeness (QED) is 0.692. The van der Waals surface area contributed by atoms with Crippen molar-refractivity contribution in [2.75, 3.05) is 0 Å². The van der Waals surface area contributed by atoms with Crippen LogP contribution in [-0.4, -0.2) is 5.91 Å². The molecule has 0 aromatic heterocycles. The molecule has 3 aromatic rings. The first-order chi connectivity index (χ1) is 12.1. The van der Waals surface area contributed by atoms with Gasteiger partial charge in [-0.3, -0.25) is 4.79 Å². The van der Waals surface area contributed by atoms with Crippen molar-refractivity contribution < 1.29 is 9.18 Å². The zero-order chi connectivity index (χ0) is 17.6. The van der Waals surface area contributed by atoms with Gasteiger partial charge in [-0.25, -0.2) is 4.39 Å². The molecule has 0 spiro atoms. The molecule has 0 aliphatic rings. The van der Waals surface area contributed by atoms with Gasteiger partial charge in [0, 0.05) is 5.02 Å². The van der Waals surface area contributed by atoms with Gasteiger partial charge in [0.25, 0.3) is 0 Å². The lowest BCUT2D eigenvalue weighted by Gasteiger charge is -2.20. The second kappa shape index (κ2) is 7.95. The van der Waals surface area contributed by atoms with Gasteiger partial charge in [0.2, 0.25) is 5.91 Å². The molecule has 0 saturated carbocycles. The maximum absolute atomic E-state index is 13.8. The van der Waals surface area contributed by atoms with Crippen LogP contribution in [0.3, 0.4) is 0 Å². The Morgan fingerprint density at radius 1 is 0.880 bits per heavy atom. The van der Waals surface area contributed by atoms with Crippen molar-refractivity contribution in [2.24, 2.45) is 0 Å². The molecule has 0 heterocycles. The molecule has 3 aromatic carbocycles. The Morgan fingerprint density at radius 3 is 2.16 bits per heavy atom. The zero-order valence-corrected chi connectivity index (χ0v) is 14.2. The van der Waals surface area contributed by atoms with Gasteiger partial charge in [-0.1, -0.05) is 72.3 Å². The Labute approximate surface area is 151 Å². The van der Waals surface area contributed by atoms with E-state index in [0.717, 1.165) is 11.1 Å². The minimum Gasteiger partial charge on any atom is -0.345 e. The van der Waals surface area contributed by atoms with Gasteiger partial charge in [-0.2, -0.15) is 0 Å². The van der Waals surface area contributed by atoms with E-state index in [4.69, 9.17) is 11.6 Å². The molecule has 0 fully saturated rings. The van der Waals surface area contributed by atoms with Crippen LogP contribution in [0.1, 0.15) is 22.7 Å². The number of carbonyl (C=O) groups excluding carboxylic acids is 1. The summed E-state index contributed by atoms with van der Waals surface area (Å²) >= 11 is 5.96. The van der Waals surface area contributed by atoms with E-state index in [1.807, 2.05) is 42.5 Å². The highest BCUT2D eigenvalue weighted by molar-refractivity contribution is 6.30. The van der Waals surface area contributed by atoms with E-state index >= 15 is 0 Å². The molecular weight excluding hydrogens is 337 g/mol. The Kier molecular flexibility index (Phi) is 5.46. The third-order valence-corrected chi connectivity index (χ3v) is 4.20.